The number of hydrogen-bond acceptors (Lipinski definition) is 4. The summed E-state index contributed by atoms with van der Waals surface area (Å²) in [5.41, 5.74) is 2.84. The van der Waals surface area contributed by atoms with E-state index in [1.807, 2.05) is 0 Å². The summed E-state index contributed by atoms with van der Waals surface area (Å²) in [6.45, 7) is 9.37. The van der Waals surface area contributed by atoms with Crippen molar-refractivity contribution in [1.29, 1.82) is 0 Å². The van der Waals surface area contributed by atoms with E-state index in [2.05, 4.69) is 23.5 Å². The molecule has 17 heavy (non-hydrogen) atoms. The number of carbonyl (C=O) groups excluding carboxylic acids is 1. The molecule has 1 aromatic heterocycles. The second-order valence-electron chi connectivity index (χ2n) is 3.52. The first-order chi connectivity index (χ1) is 8.22. The number of nitrogens with zero attached hydrogens (tertiary/aromatic N) is 1. The number of carbonyl (C=O) groups is 1. The monoisotopic (exact) mass is 235 g/mol. The molecule has 0 bridgehead atoms. The van der Waals surface area contributed by atoms with Gasteiger partial charge < -0.3 is 4.42 Å². The van der Waals surface area contributed by atoms with Gasteiger partial charge in [0.15, 0.2) is 5.76 Å². The molecule has 1 aromatic rings. The molecule has 1 heterocycles. The smallest absolute Gasteiger partial charge is 0.301 e. The van der Waals surface area contributed by atoms with Crippen LogP contribution < -0.4 is 11.3 Å². The van der Waals surface area contributed by atoms with E-state index in [1.54, 1.807) is 18.2 Å². The highest BCUT2D eigenvalue weighted by molar-refractivity contribution is 5.92. The summed E-state index contributed by atoms with van der Waals surface area (Å²) >= 11 is 0. The van der Waals surface area contributed by atoms with Crippen LogP contribution in [0.4, 0.5) is 0 Å². The molecule has 0 atom stereocenters. The average Bonchev–Trinajstić information content (AvgIpc) is 2.77. The van der Waals surface area contributed by atoms with Crippen molar-refractivity contribution in [1.82, 2.24) is 10.3 Å². The zero-order valence-electron chi connectivity index (χ0n) is 9.69. The number of nitrogen functional groups attached to an aromatic ring is 1. The van der Waals surface area contributed by atoms with Gasteiger partial charge in [-0.05, 0) is 6.07 Å². The molecule has 0 aliphatic rings. The van der Waals surface area contributed by atoms with Crippen LogP contribution in [0.25, 0.3) is 0 Å². The fourth-order valence-corrected chi connectivity index (χ4v) is 1.53. The Morgan fingerprint density at radius 3 is 2.65 bits per heavy atom. The Balaban J connectivity index is 2.78. The quantitative estimate of drug-likeness (QED) is 0.321. The predicted molar refractivity (Wildman–Crippen MR) is 66.0 cm³/mol. The van der Waals surface area contributed by atoms with Crippen LogP contribution in [-0.4, -0.2) is 23.9 Å². The number of furan rings is 1. The molecule has 0 aromatic carbocycles. The molecule has 5 nitrogen and oxygen atoms in total. The third-order valence-electron chi connectivity index (χ3n) is 2.25. The van der Waals surface area contributed by atoms with E-state index >= 15 is 0 Å². The highest BCUT2D eigenvalue weighted by Gasteiger charge is 2.15. The maximum Gasteiger partial charge on any atom is 0.301 e. The van der Waals surface area contributed by atoms with Gasteiger partial charge in [0.2, 0.25) is 0 Å². The van der Waals surface area contributed by atoms with Gasteiger partial charge in [0, 0.05) is 25.2 Å². The minimum absolute atomic E-state index is 0.241. The zero-order chi connectivity index (χ0) is 12.7. The number of amides is 1. The number of rotatable bonds is 7. The van der Waals surface area contributed by atoms with Crippen molar-refractivity contribution < 1.29 is 9.21 Å². The summed E-state index contributed by atoms with van der Waals surface area (Å²) in [4.78, 5) is 13.5. The Bertz CT molecular complexity index is 388. The minimum atomic E-state index is -0.429. The summed E-state index contributed by atoms with van der Waals surface area (Å²) in [6.07, 6.45) is 5.07. The molecular weight excluding hydrogens is 218 g/mol. The Morgan fingerprint density at radius 2 is 2.12 bits per heavy atom. The summed E-state index contributed by atoms with van der Waals surface area (Å²) in [6, 6.07) is 1.75. The molecule has 0 fully saturated rings. The lowest BCUT2D eigenvalue weighted by Gasteiger charge is -2.18. The molecule has 1 amide bonds. The lowest BCUT2D eigenvalue weighted by molar-refractivity contribution is 0.0923. The molecule has 0 aliphatic heterocycles. The summed E-state index contributed by atoms with van der Waals surface area (Å²) < 4.78 is 5.10. The second-order valence-corrected chi connectivity index (χ2v) is 3.52. The number of hydrazine groups is 1. The largest absolute Gasteiger partial charge is 0.459 e. The molecule has 0 saturated heterocycles. The predicted octanol–water partition coefficient (Wildman–Crippen LogP) is 1.06. The van der Waals surface area contributed by atoms with Crippen LogP contribution in [0.15, 0.2) is 42.1 Å². The normalized spacial score (nSPS) is 10.2. The minimum Gasteiger partial charge on any atom is -0.459 e. The van der Waals surface area contributed by atoms with Gasteiger partial charge in [-0.2, -0.15) is 0 Å². The first-order valence-corrected chi connectivity index (χ1v) is 5.24. The SMILES string of the molecule is C=CCN(CC=C)Cc1ccoc1C(=O)NN. The molecule has 0 saturated carbocycles. The molecule has 0 spiro atoms. The fraction of sp³-hybridized carbons (Fsp3) is 0.250. The van der Waals surface area contributed by atoms with E-state index in [1.165, 1.54) is 6.26 Å². The highest BCUT2D eigenvalue weighted by Crippen LogP contribution is 2.13. The maximum absolute atomic E-state index is 11.4. The molecule has 1 rings (SSSR count). The van der Waals surface area contributed by atoms with Crippen LogP contribution in [0.2, 0.25) is 0 Å². The van der Waals surface area contributed by atoms with Crippen LogP contribution in [0.5, 0.6) is 0 Å². The van der Waals surface area contributed by atoms with Gasteiger partial charge in [0.1, 0.15) is 0 Å². The topological polar surface area (TPSA) is 71.5 Å². The van der Waals surface area contributed by atoms with Gasteiger partial charge in [-0.3, -0.25) is 15.1 Å². The summed E-state index contributed by atoms with van der Waals surface area (Å²) in [5, 5.41) is 0. The highest BCUT2D eigenvalue weighted by atomic mass is 16.3. The van der Waals surface area contributed by atoms with Crippen LogP contribution in [0.3, 0.4) is 0 Å². The van der Waals surface area contributed by atoms with Crippen molar-refractivity contribution >= 4 is 5.91 Å². The third kappa shape index (κ3) is 3.58. The third-order valence-corrected chi connectivity index (χ3v) is 2.25. The van der Waals surface area contributed by atoms with E-state index in [4.69, 9.17) is 10.3 Å². The number of nitrogens with two attached hydrogens (primary N) is 1. The molecule has 3 N–H and O–H groups in total. The fourth-order valence-electron chi connectivity index (χ4n) is 1.53. The molecule has 0 unspecified atom stereocenters. The van der Waals surface area contributed by atoms with E-state index in [0.717, 1.165) is 5.56 Å². The van der Waals surface area contributed by atoms with Crippen molar-refractivity contribution in [3.8, 4) is 0 Å². The van der Waals surface area contributed by atoms with Crippen LogP contribution in [0, 0.1) is 0 Å². The number of nitrogens with one attached hydrogen (secondary N) is 1. The van der Waals surface area contributed by atoms with E-state index in [-0.39, 0.29) is 5.76 Å². The standard InChI is InChI=1S/C12H17N3O2/c1-3-6-15(7-4-2)9-10-5-8-17-11(10)12(16)14-13/h3-5,8H,1-2,6-7,9,13H2,(H,14,16). The Kier molecular flexibility index (Phi) is 5.19. The van der Waals surface area contributed by atoms with Gasteiger partial charge in [-0.15, -0.1) is 13.2 Å². The first-order valence-electron chi connectivity index (χ1n) is 5.24. The molecule has 0 radical (unpaired) electrons. The van der Waals surface area contributed by atoms with Crippen LogP contribution in [0.1, 0.15) is 16.1 Å². The average molecular weight is 235 g/mol. The zero-order valence-corrected chi connectivity index (χ0v) is 9.69. The summed E-state index contributed by atoms with van der Waals surface area (Å²) in [7, 11) is 0. The van der Waals surface area contributed by atoms with Crippen molar-refractivity contribution in [2.45, 2.75) is 6.54 Å². The van der Waals surface area contributed by atoms with Gasteiger partial charge in [-0.25, -0.2) is 5.84 Å². The van der Waals surface area contributed by atoms with Crippen LogP contribution >= 0.6 is 0 Å². The second kappa shape index (κ2) is 6.67. The number of hydrogen-bond donors (Lipinski definition) is 2. The summed E-state index contributed by atoms with van der Waals surface area (Å²) in [5.74, 6) is 4.89. The Hall–Kier alpha value is -1.85. The molecule has 0 aliphatic carbocycles. The van der Waals surface area contributed by atoms with E-state index in [9.17, 15) is 4.79 Å². The van der Waals surface area contributed by atoms with Crippen molar-refractivity contribution in [3.63, 3.8) is 0 Å². The van der Waals surface area contributed by atoms with Gasteiger partial charge in [0.05, 0.1) is 6.26 Å². The molecular formula is C12H17N3O2. The van der Waals surface area contributed by atoms with Crippen molar-refractivity contribution in [2.24, 2.45) is 5.84 Å². The Morgan fingerprint density at radius 1 is 1.47 bits per heavy atom. The van der Waals surface area contributed by atoms with E-state index in [0.29, 0.717) is 19.6 Å². The van der Waals surface area contributed by atoms with Crippen molar-refractivity contribution in [3.05, 3.63) is 49.0 Å². The van der Waals surface area contributed by atoms with E-state index < -0.39 is 5.91 Å². The Labute approximate surface area is 101 Å². The van der Waals surface area contributed by atoms with Crippen molar-refractivity contribution in [2.75, 3.05) is 13.1 Å². The molecule has 92 valence electrons. The molecule has 5 heteroatoms. The lowest BCUT2D eigenvalue weighted by Crippen LogP contribution is -2.31. The lowest BCUT2D eigenvalue weighted by atomic mass is 10.2. The first kappa shape index (κ1) is 13.2. The van der Waals surface area contributed by atoms with Gasteiger partial charge in [-0.1, -0.05) is 12.2 Å². The maximum atomic E-state index is 11.4. The van der Waals surface area contributed by atoms with Gasteiger partial charge in [0.25, 0.3) is 0 Å². The van der Waals surface area contributed by atoms with Gasteiger partial charge >= 0.3 is 5.91 Å². The van der Waals surface area contributed by atoms with Crippen LogP contribution in [-0.2, 0) is 6.54 Å².